The predicted molar refractivity (Wildman–Crippen MR) is 76.9 cm³/mol. The molecule has 0 amide bonds. The van der Waals surface area contributed by atoms with E-state index >= 15 is 0 Å². The van der Waals surface area contributed by atoms with E-state index < -0.39 is 0 Å². The number of morpholine rings is 1. The summed E-state index contributed by atoms with van der Waals surface area (Å²) in [4.78, 5) is 14.3. The standard InChI is InChI=1S/C15H20N2O3/c1-11-10-19-12(2)9-16(11)7-8-17-13-5-3-4-6-14(13)20-15(17)18/h3-6,11-12H,7-10H2,1-2H3/t11-,12+/m1/s1. The van der Waals surface area contributed by atoms with Crippen LogP contribution in [-0.4, -0.2) is 41.3 Å². The molecule has 0 spiro atoms. The van der Waals surface area contributed by atoms with Gasteiger partial charge in [0, 0.05) is 25.7 Å². The molecular formula is C15H20N2O3. The van der Waals surface area contributed by atoms with Crippen molar-refractivity contribution >= 4 is 11.1 Å². The van der Waals surface area contributed by atoms with Gasteiger partial charge in [-0.2, -0.15) is 0 Å². The molecule has 1 aliphatic rings. The third kappa shape index (κ3) is 2.51. The van der Waals surface area contributed by atoms with Gasteiger partial charge in [0.25, 0.3) is 0 Å². The number of oxazole rings is 1. The molecule has 20 heavy (non-hydrogen) atoms. The highest BCUT2D eigenvalue weighted by atomic mass is 16.5. The molecule has 1 aromatic heterocycles. The molecule has 1 fully saturated rings. The first-order chi connectivity index (χ1) is 9.65. The van der Waals surface area contributed by atoms with Crippen LogP contribution in [0, 0.1) is 0 Å². The van der Waals surface area contributed by atoms with Crippen LogP contribution in [0.2, 0.25) is 0 Å². The van der Waals surface area contributed by atoms with Crippen LogP contribution >= 0.6 is 0 Å². The Morgan fingerprint density at radius 3 is 2.90 bits per heavy atom. The Morgan fingerprint density at radius 2 is 2.05 bits per heavy atom. The lowest BCUT2D eigenvalue weighted by molar-refractivity contribution is -0.0502. The highest BCUT2D eigenvalue weighted by Gasteiger charge is 2.23. The number of rotatable bonds is 3. The topological polar surface area (TPSA) is 47.6 Å². The van der Waals surface area contributed by atoms with Gasteiger partial charge in [0.2, 0.25) is 0 Å². The molecule has 3 rings (SSSR count). The number of ether oxygens (including phenoxy) is 1. The minimum atomic E-state index is -0.278. The Labute approximate surface area is 117 Å². The molecule has 5 heteroatoms. The SMILES string of the molecule is C[C@@H]1CO[C@@H](C)CN1CCn1c(=O)oc2ccccc21. The van der Waals surface area contributed by atoms with Gasteiger partial charge in [0.15, 0.2) is 5.58 Å². The van der Waals surface area contributed by atoms with Crippen molar-refractivity contribution in [2.45, 2.75) is 32.5 Å². The van der Waals surface area contributed by atoms with E-state index in [1.54, 1.807) is 4.57 Å². The lowest BCUT2D eigenvalue weighted by Crippen LogP contribution is -2.48. The van der Waals surface area contributed by atoms with E-state index in [4.69, 9.17) is 9.15 Å². The van der Waals surface area contributed by atoms with Crippen LogP contribution in [0.25, 0.3) is 11.1 Å². The van der Waals surface area contributed by atoms with Crippen LogP contribution in [0.5, 0.6) is 0 Å². The van der Waals surface area contributed by atoms with E-state index in [9.17, 15) is 4.79 Å². The molecule has 0 N–H and O–H groups in total. The lowest BCUT2D eigenvalue weighted by atomic mass is 10.2. The van der Waals surface area contributed by atoms with Crippen LogP contribution < -0.4 is 5.76 Å². The molecule has 1 aromatic carbocycles. The number of hydrogen-bond donors (Lipinski definition) is 0. The molecule has 1 saturated heterocycles. The van der Waals surface area contributed by atoms with Crippen molar-refractivity contribution in [3.63, 3.8) is 0 Å². The van der Waals surface area contributed by atoms with E-state index in [0.29, 0.717) is 18.2 Å². The molecule has 0 radical (unpaired) electrons. The van der Waals surface area contributed by atoms with Gasteiger partial charge in [-0.3, -0.25) is 9.47 Å². The Hall–Kier alpha value is -1.59. The predicted octanol–water partition coefficient (Wildman–Crippen LogP) is 1.70. The van der Waals surface area contributed by atoms with Gasteiger partial charge in [-0.05, 0) is 26.0 Å². The molecule has 0 saturated carbocycles. The van der Waals surface area contributed by atoms with Crippen LogP contribution in [-0.2, 0) is 11.3 Å². The molecule has 2 aromatic rings. The molecule has 0 aliphatic carbocycles. The summed E-state index contributed by atoms with van der Waals surface area (Å²) in [5.41, 5.74) is 1.52. The summed E-state index contributed by atoms with van der Waals surface area (Å²) in [5, 5.41) is 0. The first kappa shape index (κ1) is 13.4. The summed E-state index contributed by atoms with van der Waals surface area (Å²) >= 11 is 0. The maximum Gasteiger partial charge on any atom is 0.419 e. The van der Waals surface area contributed by atoms with Gasteiger partial charge in [-0.25, -0.2) is 4.79 Å². The normalized spacial score (nSPS) is 24.3. The number of para-hydroxylation sites is 2. The summed E-state index contributed by atoms with van der Waals surface area (Å²) in [7, 11) is 0. The van der Waals surface area contributed by atoms with Crippen molar-refractivity contribution in [1.82, 2.24) is 9.47 Å². The zero-order valence-electron chi connectivity index (χ0n) is 11.9. The number of aromatic nitrogens is 1. The first-order valence-corrected chi connectivity index (χ1v) is 7.09. The Kier molecular flexibility index (Phi) is 3.63. The van der Waals surface area contributed by atoms with Gasteiger partial charge in [0.05, 0.1) is 18.2 Å². The largest absolute Gasteiger partial charge is 0.419 e. The summed E-state index contributed by atoms with van der Waals surface area (Å²) in [6.07, 6.45) is 0.254. The molecule has 2 atom stereocenters. The van der Waals surface area contributed by atoms with Crippen molar-refractivity contribution in [2.24, 2.45) is 0 Å². The van der Waals surface area contributed by atoms with Crippen LogP contribution in [0.1, 0.15) is 13.8 Å². The Morgan fingerprint density at radius 1 is 1.25 bits per heavy atom. The maximum atomic E-state index is 11.9. The van der Waals surface area contributed by atoms with Gasteiger partial charge in [-0.1, -0.05) is 12.1 Å². The van der Waals surface area contributed by atoms with Gasteiger partial charge in [0.1, 0.15) is 0 Å². The number of fused-ring (bicyclic) bond motifs is 1. The molecule has 0 unspecified atom stereocenters. The Bertz CT molecular complexity index is 646. The highest BCUT2D eigenvalue weighted by Crippen LogP contribution is 2.14. The maximum absolute atomic E-state index is 11.9. The highest BCUT2D eigenvalue weighted by molar-refractivity contribution is 5.72. The molecule has 2 heterocycles. The second kappa shape index (κ2) is 5.42. The van der Waals surface area contributed by atoms with Crippen molar-refractivity contribution in [3.8, 4) is 0 Å². The van der Waals surface area contributed by atoms with E-state index in [-0.39, 0.29) is 11.9 Å². The first-order valence-electron chi connectivity index (χ1n) is 7.09. The third-order valence-electron chi connectivity index (χ3n) is 3.92. The molecule has 108 valence electrons. The second-order valence-electron chi connectivity index (χ2n) is 5.48. The zero-order valence-corrected chi connectivity index (χ0v) is 11.9. The summed E-state index contributed by atoms with van der Waals surface area (Å²) in [5.74, 6) is -0.278. The monoisotopic (exact) mass is 276 g/mol. The Balaban J connectivity index is 1.77. The van der Waals surface area contributed by atoms with Crippen LogP contribution in [0.3, 0.4) is 0 Å². The fourth-order valence-electron chi connectivity index (χ4n) is 2.74. The van der Waals surface area contributed by atoms with Gasteiger partial charge >= 0.3 is 5.76 Å². The minimum Gasteiger partial charge on any atom is -0.408 e. The van der Waals surface area contributed by atoms with Crippen molar-refractivity contribution in [2.75, 3.05) is 19.7 Å². The lowest BCUT2D eigenvalue weighted by Gasteiger charge is -2.36. The smallest absolute Gasteiger partial charge is 0.408 e. The van der Waals surface area contributed by atoms with Gasteiger partial charge < -0.3 is 9.15 Å². The molecule has 0 bridgehead atoms. The number of hydrogen-bond acceptors (Lipinski definition) is 4. The molecule has 1 aliphatic heterocycles. The number of benzene rings is 1. The fourth-order valence-corrected chi connectivity index (χ4v) is 2.74. The van der Waals surface area contributed by atoms with E-state index in [2.05, 4.69) is 18.7 Å². The number of nitrogens with zero attached hydrogens (tertiary/aromatic N) is 2. The van der Waals surface area contributed by atoms with Crippen LogP contribution in [0.4, 0.5) is 0 Å². The average Bonchev–Trinajstić information content (AvgIpc) is 2.75. The third-order valence-corrected chi connectivity index (χ3v) is 3.92. The molecular weight excluding hydrogens is 256 g/mol. The van der Waals surface area contributed by atoms with E-state index in [1.165, 1.54) is 0 Å². The van der Waals surface area contributed by atoms with Crippen molar-refractivity contribution in [1.29, 1.82) is 0 Å². The van der Waals surface area contributed by atoms with Crippen molar-refractivity contribution in [3.05, 3.63) is 34.8 Å². The summed E-state index contributed by atoms with van der Waals surface area (Å²) in [6, 6.07) is 7.94. The zero-order chi connectivity index (χ0) is 14.1. The quantitative estimate of drug-likeness (QED) is 0.856. The van der Waals surface area contributed by atoms with E-state index in [0.717, 1.165) is 25.2 Å². The van der Waals surface area contributed by atoms with Crippen LogP contribution in [0.15, 0.2) is 33.5 Å². The van der Waals surface area contributed by atoms with Gasteiger partial charge in [-0.15, -0.1) is 0 Å². The summed E-state index contributed by atoms with van der Waals surface area (Å²) in [6.45, 7) is 7.37. The fraction of sp³-hybridized carbons (Fsp3) is 0.533. The molecule has 5 nitrogen and oxygen atoms in total. The van der Waals surface area contributed by atoms with Crippen molar-refractivity contribution < 1.29 is 9.15 Å². The minimum absolute atomic E-state index is 0.254. The summed E-state index contributed by atoms with van der Waals surface area (Å²) < 4.78 is 12.6. The van der Waals surface area contributed by atoms with E-state index in [1.807, 2.05) is 24.3 Å². The second-order valence-corrected chi connectivity index (χ2v) is 5.48. The average molecular weight is 276 g/mol.